The van der Waals surface area contributed by atoms with Crippen LogP contribution in [0.25, 0.3) is 11.3 Å². The summed E-state index contributed by atoms with van der Waals surface area (Å²) in [5.41, 5.74) is 4.28. The van der Waals surface area contributed by atoms with E-state index in [-0.39, 0.29) is 22.0 Å². The summed E-state index contributed by atoms with van der Waals surface area (Å²) in [5.74, 6) is -3.16. The smallest absolute Gasteiger partial charge is 0.404 e. The van der Waals surface area contributed by atoms with Gasteiger partial charge in [-0.15, -0.1) is 35.0 Å². The van der Waals surface area contributed by atoms with Gasteiger partial charge in [-0.05, 0) is 24.3 Å². The highest BCUT2D eigenvalue weighted by Crippen LogP contribution is 2.40. The van der Waals surface area contributed by atoms with Gasteiger partial charge < -0.3 is 15.8 Å². The Labute approximate surface area is 154 Å². The van der Waals surface area contributed by atoms with Crippen molar-refractivity contribution in [3.8, 4) is 17.0 Å². The molecule has 2 amide bonds. The summed E-state index contributed by atoms with van der Waals surface area (Å²) in [6.07, 6.45) is -5.06. The number of rotatable bonds is 5. The van der Waals surface area contributed by atoms with Crippen LogP contribution in [0.3, 0.4) is 0 Å². The number of benzene rings is 1. The molecule has 3 N–H and O–H groups in total. The van der Waals surface area contributed by atoms with E-state index in [1.165, 1.54) is 12.1 Å². The second-order valence-corrected chi connectivity index (χ2v) is 5.35. The van der Waals surface area contributed by atoms with Crippen LogP contribution in [-0.2, 0) is 4.79 Å². The lowest BCUT2D eigenvalue weighted by molar-refractivity contribution is -0.274. The van der Waals surface area contributed by atoms with Gasteiger partial charge in [-0.1, -0.05) is 11.6 Å². The summed E-state index contributed by atoms with van der Waals surface area (Å²) in [5, 5.41) is 9.43. The largest absolute Gasteiger partial charge is 0.573 e. The van der Waals surface area contributed by atoms with Crippen LogP contribution in [-0.4, -0.2) is 34.3 Å². The van der Waals surface area contributed by atoms with Crippen LogP contribution in [0.2, 0.25) is 5.15 Å². The fourth-order valence-corrected chi connectivity index (χ4v) is 2.18. The number of aromatic nitrogens is 2. The van der Waals surface area contributed by atoms with E-state index in [9.17, 15) is 22.8 Å². The first-order valence-electron chi connectivity index (χ1n) is 6.70. The zero-order valence-electron chi connectivity index (χ0n) is 12.6. The van der Waals surface area contributed by atoms with Crippen LogP contribution < -0.4 is 15.8 Å². The van der Waals surface area contributed by atoms with Crippen molar-refractivity contribution in [1.29, 1.82) is 0 Å². The molecule has 0 fully saturated rings. The van der Waals surface area contributed by atoms with Crippen molar-refractivity contribution in [3.63, 3.8) is 0 Å². The van der Waals surface area contributed by atoms with E-state index in [1.54, 1.807) is 0 Å². The lowest BCUT2D eigenvalue weighted by Crippen LogP contribution is -2.22. The Morgan fingerprint density at radius 3 is 2.38 bits per heavy atom. The van der Waals surface area contributed by atoms with Crippen molar-refractivity contribution < 1.29 is 27.5 Å². The average Bonchev–Trinajstić information content (AvgIpc) is 2.55. The minimum absolute atomic E-state index is 0.00316. The second kappa shape index (κ2) is 7.75. The summed E-state index contributed by atoms with van der Waals surface area (Å²) in [4.78, 5) is 23.4. The molecule has 26 heavy (non-hydrogen) atoms. The topological polar surface area (TPSA) is 107 Å². The van der Waals surface area contributed by atoms with E-state index in [1.807, 2.05) is 0 Å². The highest BCUT2D eigenvalue weighted by Gasteiger charge is 2.34. The van der Waals surface area contributed by atoms with E-state index in [0.717, 1.165) is 12.1 Å². The SMILES string of the molecule is NC(=O)c1ccc(OC(F)(F)F)c(NC(=O)CCl)c1-c1ccc(Cl)nn1. The number of halogens is 5. The molecule has 7 nitrogen and oxygen atoms in total. The molecule has 2 aromatic rings. The Hall–Kier alpha value is -2.59. The maximum Gasteiger partial charge on any atom is 0.573 e. The number of nitrogens with zero attached hydrogens (tertiary/aromatic N) is 2. The molecule has 0 bridgehead atoms. The van der Waals surface area contributed by atoms with Crippen molar-refractivity contribution in [2.24, 2.45) is 5.73 Å². The molecule has 0 saturated carbocycles. The molecule has 0 saturated heterocycles. The molecular formula is C14H9Cl2F3N4O3. The third-order valence-electron chi connectivity index (χ3n) is 2.93. The van der Waals surface area contributed by atoms with Crippen LogP contribution in [0.5, 0.6) is 5.75 Å². The van der Waals surface area contributed by atoms with Crippen molar-refractivity contribution >= 4 is 40.7 Å². The predicted octanol–water partition coefficient (Wildman–Crippen LogP) is 2.97. The monoisotopic (exact) mass is 408 g/mol. The van der Waals surface area contributed by atoms with E-state index < -0.39 is 35.5 Å². The molecular weight excluding hydrogens is 400 g/mol. The first kappa shape index (κ1) is 19.7. The van der Waals surface area contributed by atoms with Crippen molar-refractivity contribution in [2.75, 3.05) is 11.2 Å². The molecule has 0 spiro atoms. The van der Waals surface area contributed by atoms with Gasteiger partial charge in [0.25, 0.3) is 0 Å². The van der Waals surface area contributed by atoms with Crippen LogP contribution in [0, 0.1) is 0 Å². The predicted molar refractivity (Wildman–Crippen MR) is 87.0 cm³/mol. The summed E-state index contributed by atoms with van der Waals surface area (Å²) in [6.45, 7) is 0. The van der Waals surface area contributed by atoms with Gasteiger partial charge in [-0.2, -0.15) is 0 Å². The number of amides is 2. The number of carbonyl (C=O) groups is 2. The molecule has 1 aromatic carbocycles. The normalized spacial score (nSPS) is 11.1. The van der Waals surface area contributed by atoms with Crippen molar-refractivity contribution in [1.82, 2.24) is 10.2 Å². The molecule has 2 rings (SSSR count). The Morgan fingerprint density at radius 2 is 1.88 bits per heavy atom. The van der Waals surface area contributed by atoms with Gasteiger partial charge in [0.2, 0.25) is 11.8 Å². The molecule has 0 unspecified atom stereocenters. The maximum absolute atomic E-state index is 12.7. The van der Waals surface area contributed by atoms with E-state index in [2.05, 4.69) is 20.3 Å². The minimum Gasteiger partial charge on any atom is -0.404 e. The number of alkyl halides is 4. The quantitative estimate of drug-likeness (QED) is 0.739. The van der Waals surface area contributed by atoms with Gasteiger partial charge in [0, 0.05) is 5.56 Å². The maximum atomic E-state index is 12.7. The van der Waals surface area contributed by atoms with Gasteiger partial charge in [-0.3, -0.25) is 9.59 Å². The lowest BCUT2D eigenvalue weighted by atomic mass is 10.00. The molecule has 0 aliphatic rings. The number of carbonyl (C=O) groups excluding carboxylic acids is 2. The van der Waals surface area contributed by atoms with Crippen LogP contribution >= 0.6 is 23.2 Å². The summed E-state index contributed by atoms with van der Waals surface area (Å²) >= 11 is 11.0. The number of nitrogens with one attached hydrogen (secondary N) is 1. The van der Waals surface area contributed by atoms with Gasteiger partial charge in [-0.25, -0.2) is 0 Å². The average molecular weight is 409 g/mol. The fourth-order valence-electron chi connectivity index (χ4n) is 2.01. The highest BCUT2D eigenvalue weighted by molar-refractivity contribution is 6.29. The Morgan fingerprint density at radius 1 is 1.19 bits per heavy atom. The van der Waals surface area contributed by atoms with Crippen molar-refractivity contribution in [3.05, 3.63) is 35.0 Å². The van der Waals surface area contributed by atoms with Crippen LogP contribution in [0.4, 0.5) is 18.9 Å². The fraction of sp³-hybridized carbons (Fsp3) is 0.143. The summed E-state index contributed by atoms with van der Waals surface area (Å²) < 4.78 is 42.0. The Bertz CT molecular complexity index is 845. The van der Waals surface area contributed by atoms with Gasteiger partial charge in [0.1, 0.15) is 5.88 Å². The second-order valence-electron chi connectivity index (χ2n) is 4.70. The van der Waals surface area contributed by atoms with Crippen molar-refractivity contribution in [2.45, 2.75) is 6.36 Å². The van der Waals surface area contributed by atoms with E-state index in [0.29, 0.717) is 0 Å². The first-order chi connectivity index (χ1) is 12.1. The molecule has 1 aromatic heterocycles. The van der Waals surface area contributed by atoms with Crippen LogP contribution in [0.15, 0.2) is 24.3 Å². The number of ether oxygens (including phenoxy) is 1. The first-order valence-corrected chi connectivity index (χ1v) is 7.61. The molecule has 0 aliphatic heterocycles. The highest BCUT2D eigenvalue weighted by atomic mass is 35.5. The van der Waals surface area contributed by atoms with Gasteiger partial charge >= 0.3 is 6.36 Å². The minimum atomic E-state index is -5.06. The third-order valence-corrected chi connectivity index (χ3v) is 3.38. The number of hydrogen-bond donors (Lipinski definition) is 2. The molecule has 0 radical (unpaired) electrons. The Kier molecular flexibility index (Phi) is 5.88. The summed E-state index contributed by atoms with van der Waals surface area (Å²) in [7, 11) is 0. The third kappa shape index (κ3) is 4.73. The van der Waals surface area contributed by atoms with E-state index >= 15 is 0 Å². The molecule has 1 heterocycles. The molecule has 12 heteroatoms. The van der Waals surface area contributed by atoms with E-state index in [4.69, 9.17) is 28.9 Å². The zero-order chi connectivity index (χ0) is 19.5. The zero-order valence-corrected chi connectivity index (χ0v) is 14.1. The number of nitrogens with two attached hydrogens (primary N) is 1. The molecule has 0 aliphatic carbocycles. The van der Waals surface area contributed by atoms with Crippen LogP contribution in [0.1, 0.15) is 10.4 Å². The standard InChI is InChI=1S/C14H9Cl2F3N4O3/c15-5-10(24)21-12-8(26-14(17,18)19)3-1-6(13(20)25)11(12)7-2-4-9(16)23-22-7/h1-4H,5H2,(H2,20,25)(H,21,24). The van der Waals surface area contributed by atoms with Gasteiger partial charge in [0.05, 0.1) is 16.9 Å². The Balaban J connectivity index is 2.77. The summed E-state index contributed by atoms with van der Waals surface area (Å²) in [6, 6.07) is 4.42. The van der Waals surface area contributed by atoms with Gasteiger partial charge in [0.15, 0.2) is 10.9 Å². The number of hydrogen-bond acceptors (Lipinski definition) is 5. The molecule has 0 atom stereocenters. The number of primary amides is 1. The molecule has 138 valence electrons. The number of anilines is 1. The lowest BCUT2D eigenvalue weighted by Gasteiger charge is -2.18.